The second-order valence-electron chi connectivity index (χ2n) is 7.33. The Morgan fingerprint density at radius 1 is 1.17 bits per heavy atom. The summed E-state index contributed by atoms with van der Waals surface area (Å²) in [5.41, 5.74) is -0.0735. The standard InChI is InChI=1S/C18H29FN2O2/c1-18(2,3)17(22)14-21-9-7-20(8-10-21)11-12-23-16-6-4-5-15(19)13-16/h4-6,13,17,22H,7-12,14H2,1-3H3. The van der Waals surface area contributed by atoms with Crippen molar-refractivity contribution in [2.45, 2.75) is 26.9 Å². The van der Waals surface area contributed by atoms with Crippen LogP contribution in [-0.2, 0) is 0 Å². The fraction of sp³-hybridized carbons (Fsp3) is 0.667. The van der Waals surface area contributed by atoms with E-state index in [2.05, 4.69) is 30.6 Å². The zero-order valence-electron chi connectivity index (χ0n) is 14.5. The first-order chi connectivity index (χ1) is 10.8. The number of hydrogen-bond acceptors (Lipinski definition) is 4. The van der Waals surface area contributed by atoms with Gasteiger partial charge < -0.3 is 9.84 Å². The number of aliphatic hydroxyl groups is 1. The molecule has 0 aromatic heterocycles. The molecule has 1 aliphatic rings. The fourth-order valence-electron chi connectivity index (χ4n) is 2.56. The zero-order chi connectivity index (χ0) is 16.9. The van der Waals surface area contributed by atoms with E-state index in [1.807, 2.05) is 0 Å². The number of aliphatic hydroxyl groups excluding tert-OH is 1. The van der Waals surface area contributed by atoms with Crippen LogP contribution in [0.3, 0.4) is 0 Å². The molecule has 0 spiro atoms. The van der Waals surface area contributed by atoms with Gasteiger partial charge in [-0.3, -0.25) is 9.80 Å². The molecule has 2 rings (SSSR count). The minimum atomic E-state index is -0.301. The second kappa shape index (κ2) is 8.08. The first-order valence-electron chi connectivity index (χ1n) is 8.36. The summed E-state index contributed by atoms with van der Waals surface area (Å²) in [4.78, 5) is 4.67. The minimum Gasteiger partial charge on any atom is -0.492 e. The lowest BCUT2D eigenvalue weighted by Gasteiger charge is -2.37. The molecular formula is C18H29FN2O2. The summed E-state index contributed by atoms with van der Waals surface area (Å²) in [7, 11) is 0. The van der Waals surface area contributed by atoms with Crippen molar-refractivity contribution in [3.8, 4) is 5.75 Å². The maximum atomic E-state index is 13.1. The maximum Gasteiger partial charge on any atom is 0.126 e. The van der Waals surface area contributed by atoms with Crippen LogP contribution in [0.5, 0.6) is 5.75 Å². The highest BCUT2D eigenvalue weighted by Gasteiger charge is 2.26. The summed E-state index contributed by atoms with van der Waals surface area (Å²) in [6, 6.07) is 6.25. The summed E-state index contributed by atoms with van der Waals surface area (Å²) < 4.78 is 18.7. The summed E-state index contributed by atoms with van der Waals surface area (Å²) in [5, 5.41) is 10.2. The summed E-state index contributed by atoms with van der Waals surface area (Å²) in [6.45, 7) is 12.2. The monoisotopic (exact) mass is 324 g/mol. The van der Waals surface area contributed by atoms with E-state index in [1.54, 1.807) is 12.1 Å². The van der Waals surface area contributed by atoms with E-state index in [0.29, 0.717) is 12.4 Å². The Kier molecular flexibility index (Phi) is 6.39. The molecule has 1 atom stereocenters. The Balaban J connectivity index is 1.65. The number of β-amino-alcohol motifs (C(OH)–C–C–N with tert-alkyl or cyclic N) is 1. The van der Waals surface area contributed by atoms with Crippen LogP contribution in [0.1, 0.15) is 20.8 Å². The summed E-state index contributed by atoms with van der Waals surface area (Å²) in [5.74, 6) is 0.311. The van der Waals surface area contributed by atoms with Gasteiger partial charge >= 0.3 is 0 Å². The Morgan fingerprint density at radius 3 is 2.43 bits per heavy atom. The molecule has 4 nitrogen and oxygen atoms in total. The maximum absolute atomic E-state index is 13.1. The summed E-state index contributed by atoms with van der Waals surface area (Å²) in [6.07, 6.45) is -0.301. The first-order valence-corrected chi connectivity index (χ1v) is 8.36. The topological polar surface area (TPSA) is 35.9 Å². The Hall–Kier alpha value is -1.17. The largest absolute Gasteiger partial charge is 0.492 e. The average Bonchev–Trinajstić information content (AvgIpc) is 2.48. The molecule has 1 N–H and O–H groups in total. The van der Waals surface area contributed by atoms with E-state index in [1.165, 1.54) is 12.1 Å². The molecule has 1 aromatic carbocycles. The van der Waals surface area contributed by atoms with Crippen molar-refractivity contribution >= 4 is 0 Å². The predicted molar refractivity (Wildman–Crippen MR) is 90.2 cm³/mol. The molecule has 1 saturated heterocycles. The highest BCUT2D eigenvalue weighted by molar-refractivity contribution is 5.22. The number of benzene rings is 1. The van der Waals surface area contributed by atoms with Crippen LogP contribution in [-0.4, -0.2) is 66.9 Å². The van der Waals surface area contributed by atoms with Crippen molar-refractivity contribution in [2.24, 2.45) is 5.41 Å². The van der Waals surface area contributed by atoms with E-state index in [-0.39, 0.29) is 17.3 Å². The lowest BCUT2D eigenvalue weighted by atomic mass is 9.89. The van der Waals surface area contributed by atoms with E-state index in [9.17, 15) is 9.50 Å². The van der Waals surface area contributed by atoms with Crippen molar-refractivity contribution in [2.75, 3.05) is 45.9 Å². The third-order valence-electron chi connectivity index (χ3n) is 4.37. The van der Waals surface area contributed by atoms with Crippen LogP contribution >= 0.6 is 0 Å². The molecule has 130 valence electrons. The van der Waals surface area contributed by atoms with Gasteiger partial charge in [0.25, 0.3) is 0 Å². The van der Waals surface area contributed by atoms with Gasteiger partial charge in [-0.15, -0.1) is 0 Å². The van der Waals surface area contributed by atoms with Crippen molar-refractivity contribution in [1.82, 2.24) is 9.80 Å². The van der Waals surface area contributed by atoms with E-state index in [0.717, 1.165) is 39.3 Å². The van der Waals surface area contributed by atoms with Gasteiger partial charge in [0.05, 0.1) is 6.10 Å². The molecular weight excluding hydrogens is 295 g/mol. The zero-order valence-corrected chi connectivity index (χ0v) is 14.5. The lowest BCUT2D eigenvalue weighted by molar-refractivity contribution is 0.0122. The molecule has 0 aliphatic carbocycles. The molecule has 1 aromatic rings. The van der Waals surface area contributed by atoms with Gasteiger partial charge in [-0.25, -0.2) is 4.39 Å². The Labute approximate surface area is 138 Å². The average molecular weight is 324 g/mol. The number of piperazine rings is 1. The van der Waals surface area contributed by atoms with Crippen molar-refractivity contribution < 1.29 is 14.2 Å². The Morgan fingerprint density at radius 2 is 1.83 bits per heavy atom. The van der Waals surface area contributed by atoms with Gasteiger partial charge in [-0.05, 0) is 17.5 Å². The number of hydrogen-bond donors (Lipinski definition) is 1. The van der Waals surface area contributed by atoms with Gasteiger partial charge in [0.2, 0.25) is 0 Å². The van der Waals surface area contributed by atoms with Crippen LogP contribution in [0.4, 0.5) is 4.39 Å². The molecule has 0 radical (unpaired) electrons. The van der Waals surface area contributed by atoms with Crippen LogP contribution in [0.25, 0.3) is 0 Å². The number of rotatable bonds is 6. The smallest absolute Gasteiger partial charge is 0.126 e. The highest BCUT2D eigenvalue weighted by Crippen LogP contribution is 2.20. The third-order valence-corrected chi connectivity index (χ3v) is 4.37. The van der Waals surface area contributed by atoms with Crippen LogP contribution < -0.4 is 4.74 Å². The van der Waals surface area contributed by atoms with Crippen LogP contribution in [0.2, 0.25) is 0 Å². The van der Waals surface area contributed by atoms with Gasteiger partial charge in [0, 0.05) is 45.3 Å². The molecule has 1 unspecified atom stereocenters. The molecule has 23 heavy (non-hydrogen) atoms. The SMILES string of the molecule is CC(C)(C)C(O)CN1CCN(CCOc2cccc(F)c2)CC1. The first kappa shape index (κ1) is 18.2. The number of halogens is 1. The van der Waals surface area contributed by atoms with Gasteiger partial charge in [0.15, 0.2) is 0 Å². The van der Waals surface area contributed by atoms with Gasteiger partial charge in [-0.1, -0.05) is 26.8 Å². The predicted octanol–water partition coefficient (Wildman–Crippen LogP) is 2.23. The van der Waals surface area contributed by atoms with E-state index < -0.39 is 0 Å². The van der Waals surface area contributed by atoms with Gasteiger partial charge in [0.1, 0.15) is 18.2 Å². The van der Waals surface area contributed by atoms with Crippen LogP contribution in [0, 0.1) is 11.2 Å². The summed E-state index contributed by atoms with van der Waals surface area (Å²) >= 11 is 0. The van der Waals surface area contributed by atoms with Crippen LogP contribution in [0.15, 0.2) is 24.3 Å². The van der Waals surface area contributed by atoms with Gasteiger partial charge in [-0.2, -0.15) is 0 Å². The lowest BCUT2D eigenvalue weighted by Crippen LogP contribution is -2.50. The highest BCUT2D eigenvalue weighted by atomic mass is 19.1. The molecule has 5 heteroatoms. The van der Waals surface area contributed by atoms with E-state index >= 15 is 0 Å². The minimum absolute atomic E-state index is 0.0735. The molecule has 1 fully saturated rings. The molecule has 0 amide bonds. The Bertz CT molecular complexity index is 482. The number of ether oxygens (including phenoxy) is 1. The number of nitrogens with zero attached hydrogens (tertiary/aromatic N) is 2. The van der Waals surface area contributed by atoms with Crippen molar-refractivity contribution in [1.29, 1.82) is 0 Å². The van der Waals surface area contributed by atoms with Crippen molar-refractivity contribution in [3.05, 3.63) is 30.1 Å². The second-order valence-corrected chi connectivity index (χ2v) is 7.33. The van der Waals surface area contributed by atoms with Crippen molar-refractivity contribution in [3.63, 3.8) is 0 Å². The fourth-order valence-corrected chi connectivity index (χ4v) is 2.56. The third kappa shape index (κ3) is 6.09. The molecule has 0 saturated carbocycles. The van der Waals surface area contributed by atoms with E-state index in [4.69, 9.17) is 4.74 Å². The quantitative estimate of drug-likeness (QED) is 0.870. The normalized spacial score (nSPS) is 18.8. The molecule has 0 bridgehead atoms. The molecule has 1 aliphatic heterocycles. The molecule has 1 heterocycles.